The van der Waals surface area contributed by atoms with E-state index in [2.05, 4.69) is 27.5 Å². The second-order valence-corrected chi connectivity index (χ2v) is 8.92. The molecule has 3 N–H and O–H groups in total. The van der Waals surface area contributed by atoms with Gasteiger partial charge in [0.05, 0.1) is 6.42 Å². The minimum atomic E-state index is -0.455. The van der Waals surface area contributed by atoms with Crippen LogP contribution < -0.4 is 21.9 Å². The van der Waals surface area contributed by atoms with Crippen LogP contribution in [0.2, 0.25) is 0 Å². The number of aryl methyl sites for hydroxylation is 3. The highest BCUT2D eigenvalue weighted by molar-refractivity contribution is 5.91. The zero-order valence-corrected chi connectivity index (χ0v) is 21.4. The fourth-order valence-electron chi connectivity index (χ4n) is 4.12. The van der Waals surface area contributed by atoms with Crippen LogP contribution in [-0.2, 0) is 35.5 Å². The van der Waals surface area contributed by atoms with Gasteiger partial charge in [0.2, 0.25) is 11.8 Å². The smallest absolute Gasteiger partial charge is 0.330 e. The van der Waals surface area contributed by atoms with Crippen LogP contribution in [0.25, 0.3) is 11.2 Å². The lowest BCUT2D eigenvalue weighted by molar-refractivity contribution is -0.120. The Kier molecular flexibility index (Phi) is 9.61. The third kappa shape index (κ3) is 6.71. The molecular formula is C26H36N6O4. The largest absolute Gasteiger partial charge is 0.359 e. The van der Waals surface area contributed by atoms with Crippen molar-refractivity contribution in [3.63, 3.8) is 0 Å². The van der Waals surface area contributed by atoms with E-state index in [4.69, 9.17) is 0 Å². The fourth-order valence-corrected chi connectivity index (χ4v) is 4.12. The lowest BCUT2D eigenvalue weighted by Crippen LogP contribution is -2.31. The zero-order chi connectivity index (χ0) is 26.1. The van der Waals surface area contributed by atoms with Gasteiger partial charge in [-0.1, -0.05) is 45.2 Å². The number of anilines is 1. The van der Waals surface area contributed by atoms with E-state index in [1.54, 1.807) is 31.3 Å². The van der Waals surface area contributed by atoms with E-state index in [0.717, 1.165) is 37.7 Å². The van der Waals surface area contributed by atoms with Gasteiger partial charge in [0.15, 0.2) is 11.2 Å². The third-order valence-electron chi connectivity index (χ3n) is 6.14. The molecule has 0 bridgehead atoms. The fraction of sp³-hybridized carbons (Fsp3) is 0.500. The first kappa shape index (κ1) is 26.9. The quantitative estimate of drug-likeness (QED) is 0.313. The molecule has 0 atom stereocenters. The normalized spacial score (nSPS) is 11.1. The number of rotatable bonds is 13. The number of unbranched alkanes of at least 4 members (excludes halogenated alkanes) is 3. The van der Waals surface area contributed by atoms with Gasteiger partial charge >= 0.3 is 5.69 Å². The number of aromatic nitrogens is 4. The molecule has 2 heterocycles. The van der Waals surface area contributed by atoms with Crippen LogP contribution in [0, 0.1) is 0 Å². The van der Waals surface area contributed by atoms with E-state index in [0.29, 0.717) is 42.2 Å². The predicted octanol–water partition coefficient (Wildman–Crippen LogP) is 2.74. The van der Waals surface area contributed by atoms with Crippen molar-refractivity contribution < 1.29 is 9.59 Å². The Balaban J connectivity index is 1.79. The first-order chi connectivity index (χ1) is 17.4. The standard InChI is InChI=1S/C26H36N6O4/c1-4-6-8-16-31-20(29-24-23(31)25(35)30-26(36)32(24)15-7-5-2)13-14-21(33)28-19-11-9-18(10-12-19)17-22(34)27-3/h9-12H,4-8,13-17H2,1-3H3,(H,27,34)(H,28,33)(H,30,35,36). The second kappa shape index (κ2) is 12.9. The molecule has 2 aromatic heterocycles. The van der Waals surface area contributed by atoms with E-state index in [-0.39, 0.29) is 24.7 Å². The van der Waals surface area contributed by atoms with Crippen LogP contribution in [0.3, 0.4) is 0 Å². The first-order valence-electron chi connectivity index (χ1n) is 12.7. The maximum atomic E-state index is 12.8. The van der Waals surface area contributed by atoms with Crippen molar-refractivity contribution in [2.75, 3.05) is 12.4 Å². The summed E-state index contributed by atoms with van der Waals surface area (Å²) in [5, 5.41) is 5.46. The van der Waals surface area contributed by atoms with E-state index in [1.807, 2.05) is 11.5 Å². The summed E-state index contributed by atoms with van der Waals surface area (Å²) in [6.07, 6.45) is 5.40. The number of carbonyl (C=O) groups excluding carboxylic acids is 2. The van der Waals surface area contributed by atoms with Gasteiger partial charge < -0.3 is 15.2 Å². The highest BCUT2D eigenvalue weighted by atomic mass is 16.2. The highest BCUT2D eigenvalue weighted by Gasteiger charge is 2.19. The molecule has 0 saturated heterocycles. The Labute approximate surface area is 210 Å². The SMILES string of the molecule is CCCCCn1c(CCC(=O)Nc2ccc(CC(=O)NC)cc2)nc2c1c(=O)[nH]c(=O)n2CCCC. The topological polar surface area (TPSA) is 131 Å². The summed E-state index contributed by atoms with van der Waals surface area (Å²) in [5.74, 6) is 0.365. The lowest BCUT2D eigenvalue weighted by Gasteiger charge is -2.10. The Bertz CT molecular complexity index is 1300. The highest BCUT2D eigenvalue weighted by Crippen LogP contribution is 2.16. The van der Waals surface area contributed by atoms with Crippen LogP contribution >= 0.6 is 0 Å². The van der Waals surface area contributed by atoms with E-state index >= 15 is 0 Å². The Morgan fingerprint density at radius 1 is 0.944 bits per heavy atom. The molecule has 3 aromatic rings. The maximum Gasteiger partial charge on any atom is 0.330 e. The summed E-state index contributed by atoms with van der Waals surface area (Å²) in [5.41, 5.74) is 1.37. The molecule has 10 nitrogen and oxygen atoms in total. The van der Waals surface area contributed by atoms with E-state index < -0.39 is 11.2 Å². The number of nitrogens with zero attached hydrogens (tertiary/aromatic N) is 3. The molecular weight excluding hydrogens is 460 g/mol. The molecule has 194 valence electrons. The average Bonchev–Trinajstić information content (AvgIpc) is 3.22. The van der Waals surface area contributed by atoms with Gasteiger partial charge in [0.1, 0.15) is 5.82 Å². The zero-order valence-electron chi connectivity index (χ0n) is 21.4. The van der Waals surface area contributed by atoms with Crippen molar-refractivity contribution in [2.45, 2.75) is 78.3 Å². The molecule has 2 amide bonds. The number of hydrogen-bond acceptors (Lipinski definition) is 5. The predicted molar refractivity (Wildman–Crippen MR) is 140 cm³/mol. The van der Waals surface area contributed by atoms with Gasteiger partial charge in [-0.05, 0) is 30.5 Å². The summed E-state index contributed by atoms with van der Waals surface area (Å²) in [7, 11) is 1.59. The number of nitrogens with one attached hydrogen (secondary N) is 3. The van der Waals surface area contributed by atoms with Crippen molar-refractivity contribution in [2.24, 2.45) is 0 Å². The number of H-pyrrole nitrogens is 1. The first-order valence-corrected chi connectivity index (χ1v) is 12.7. The minimum absolute atomic E-state index is 0.0763. The van der Waals surface area contributed by atoms with Gasteiger partial charge in [-0.3, -0.25) is 23.9 Å². The molecule has 0 aliphatic carbocycles. The summed E-state index contributed by atoms with van der Waals surface area (Å²) in [4.78, 5) is 56.6. The monoisotopic (exact) mass is 496 g/mol. The Hall–Kier alpha value is -3.69. The van der Waals surface area contributed by atoms with Crippen molar-refractivity contribution in [3.05, 3.63) is 56.5 Å². The molecule has 3 rings (SSSR count). The van der Waals surface area contributed by atoms with Crippen molar-refractivity contribution in [1.29, 1.82) is 0 Å². The van der Waals surface area contributed by atoms with Crippen LogP contribution in [0.1, 0.15) is 63.8 Å². The van der Waals surface area contributed by atoms with Gasteiger partial charge in [-0.15, -0.1) is 0 Å². The summed E-state index contributed by atoms with van der Waals surface area (Å²) < 4.78 is 3.40. The molecule has 0 spiro atoms. The second-order valence-electron chi connectivity index (χ2n) is 8.92. The van der Waals surface area contributed by atoms with Crippen molar-refractivity contribution in [1.82, 2.24) is 24.4 Å². The summed E-state index contributed by atoms with van der Waals surface area (Å²) >= 11 is 0. The van der Waals surface area contributed by atoms with Gasteiger partial charge in [-0.25, -0.2) is 9.78 Å². The number of fused-ring (bicyclic) bond motifs is 1. The number of carbonyl (C=O) groups is 2. The summed E-state index contributed by atoms with van der Waals surface area (Å²) in [6.45, 7) is 5.22. The number of hydrogen-bond donors (Lipinski definition) is 3. The molecule has 1 aromatic carbocycles. The van der Waals surface area contributed by atoms with Gasteiger partial charge in [0.25, 0.3) is 5.56 Å². The van der Waals surface area contributed by atoms with Crippen molar-refractivity contribution >= 4 is 28.7 Å². The molecule has 0 aliphatic rings. The molecule has 0 saturated carbocycles. The van der Waals surface area contributed by atoms with Crippen molar-refractivity contribution in [3.8, 4) is 0 Å². The molecule has 36 heavy (non-hydrogen) atoms. The van der Waals surface area contributed by atoms with Crippen LogP contribution in [-0.4, -0.2) is 38.0 Å². The number of likely N-dealkylation sites (N-methyl/N-ethyl adjacent to an activating group) is 1. The molecule has 0 unspecified atom stereocenters. The third-order valence-corrected chi connectivity index (χ3v) is 6.14. The lowest BCUT2D eigenvalue weighted by atomic mass is 10.1. The van der Waals surface area contributed by atoms with E-state index in [1.165, 1.54) is 4.57 Å². The minimum Gasteiger partial charge on any atom is -0.359 e. The van der Waals surface area contributed by atoms with Gasteiger partial charge in [0, 0.05) is 38.7 Å². The van der Waals surface area contributed by atoms with Crippen LogP contribution in [0.4, 0.5) is 5.69 Å². The van der Waals surface area contributed by atoms with Gasteiger partial charge in [-0.2, -0.15) is 0 Å². The number of amides is 2. The Morgan fingerprint density at radius 2 is 1.64 bits per heavy atom. The van der Waals surface area contributed by atoms with Crippen LogP contribution in [0.5, 0.6) is 0 Å². The molecule has 0 fully saturated rings. The van der Waals surface area contributed by atoms with E-state index in [9.17, 15) is 19.2 Å². The number of benzene rings is 1. The summed E-state index contributed by atoms with van der Waals surface area (Å²) in [6, 6.07) is 7.14. The number of aromatic amines is 1. The number of imidazole rings is 1. The molecule has 0 aliphatic heterocycles. The Morgan fingerprint density at radius 3 is 2.31 bits per heavy atom. The maximum absolute atomic E-state index is 12.8. The average molecular weight is 497 g/mol. The molecule has 0 radical (unpaired) electrons. The molecule has 10 heteroatoms. The van der Waals surface area contributed by atoms with Crippen LogP contribution in [0.15, 0.2) is 33.9 Å².